The minimum atomic E-state index is -0.106. The first-order valence-electron chi connectivity index (χ1n) is 9.37. The highest BCUT2D eigenvalue weighted by molar-refractivity contribution is 5.78. The lowest BCUT2D eigenvalue weighted by Crippen LogP contribution is -2.32. The summed E-state index contributed by atoms with van der Waals surface area (Å²) in [4.78, 5) is 12.3. The molecule has 1 atom stereocenters. The number of methoxy groups -OCH3 is 1. The van der Waals surface area contributed by atoms with Gasteiger partial charge in [0.25, 0.3) is 5.91 Å². The molecule has 2 aromatic carbocycles. The van der Waals surface area contributed by atoms with Gasteiger partial charge in [-0.2, -0.15) is 0 Å². The summed E-state index contributed by atoms with van der Waals surface area (Å²) in [6.45, 7) is 2.10. The molecule has 0 unspecified atom stereocenters. The summed E-state index contributed by atoms with van der Waals surface area (Å²) in [5.41, 5.74) is 4.09. The van der Waals surface area contributed by atoms with Crippen molar-refractivity contribution >= 4 is 5.91 Å². The van der Waals surface area contributed by atoms with Gasteiger partial charge in [-0.15, -0.1) is 0 Å². The van der Waals surface area contributed by atoms with Gasteiger partial charge >= 0.3 is 0 Å². The lowest BCUT2D eigenvalue weighted by atomic mass is 9.89. The molecule has 0 aromatic heterocycles. The van der Waals surface area contributed by atoms with Crippen LogP contribution in [0.15, 0.2) is 42.5 Å². The molecule has 1 amide bonds. The summed E-state index contributed by atoms with van der Waals surface area (Å²) < 4.78 is 10.7. The van der Waals surface area contributed by atoms with E-state index < -0.39 is 0 Å². The maximum absolute atomic E-state index is 12.3. The molecule has 3 rings (SSSR count). The third kappa shape index (κ3) is 4.57. The molecule has 4 nitrogen and oxygen atoms in total. The molecule has 1 N–H and O–H groups in total. The van der Waals surface area contributed by atoms with E-state index in [1.165, 1.54) is 36.0 Å². The summed E-state index contributed by atoms with van der Waals surface area (Å²) >= 11 is 0. The van der Waals surface area contributed by atoms with Crippen LogP contribution in [0.4, 0.5) is 0 Å². The molecule has 0 saturated carbocycles. The van der Waals surface area contributed by atoms with Gasteiger partial charge < -0.3 is 14.8 Å². The van der Waals surface area contributed by atoms with E-state index in [9.17, 15) is 4.79 Å². The Balaban J connectivity index is 1.57. The quantitative estimate of drug-likeness (QED) is 0.811. The number of aryl methyl sites for hydroxylation is 2. The van der Waals surface area contributed by atoms with Crippen LogP contribution < -0.4 is 14.8 Å². The number of nitrogens with one attached hydrogen (secondary N) is 1. The smallest absolute Gasteiger partial charge is 0.258 e. The van der Waals surface area contributed by atoms with Crippen LogP contribution in [0.25, 0.3) is 0 Å². The maximum Gasteiger partial charge on any atom is 0.258 e. The Morgan fingerprint density at radius 1 is 1.04 bits per heavy atom. The third-order valence-electron chi connectivity index (χ3n) is 4.95. The first-order valence-corrected chi connectivity index (χ1v) is 9.37. The molecule has 0 radical (unpaired) electrons. The fourth-order valence-corrected chi connectivity index (χ4v) is 3.45. The van der Waals surface area contributed by atoms with Gasteiger partial charge in [-0.3, -0.25) is 4.79 Å². The molecule has 1 aliphatic rings. The van der Waals surface area contributed by atoms with Gasteiger partial charge in [0.05, 0.1) is 13.2 Å². The molecule has 0 aliphatic heterocycles. The lowest BCUT2D eigenvalue weighted by molar-refractivity contribution is -0.123. The van der Waals surface area contributed by atoms with E-state index in [-0.39, 0.29) is 18.6 Å². The molecule has 1 aliphatic carbocycles. The first kappa shape index (κ1) is 18.3. The second-order valence-corrected chi connectivity index (χ2v) is 6.73. The molecule has 0 saturated heterocycles. The van der Waals surface area contributed by atoms with Crippen molar-refractivity contribution in [2.75, 3.05) is 13.7 Å². The number of rotatable bonds is 7. The Morgan fingerprint density at radius 2 is 1.73 bits per heavy atom. The molecule has 0 spiro atoms. The number of benzene rings is 2. The fraction of sp³-hybridized carbons (Fsp3) is 0.409. The van der Waals surface area contributed by atoms with Crippen LogP contribution in [0.2, 0.25) is 0 Å². The van der Waals surface area contributed by atoms with Gasteiger partial charge in [0.1, 0.15) is 11.5 Å². The molecule has 4 heteroatoms. The number of amides is 1. The predicted molar refractivity (Wildman–Crippen MR) is 103 cm³/mol. The third-order valence-corrected chi connectivity index (χ3v) is 4.95. The number of carbonyl (C=O) groups is 1. The van der Waals surface area contributed by atoms with Crippen molar-refractivity contribution in [3.8, 4) is 11.5 Å². The van der Waals surface area contributed by atoms with Gasteiger partial charge in [-0.05, 0) is 73.1 Å². The predicted octanol–water partition coefficient (Wildman–Crippen LogP) is 4.22. The zero-order valence-corrected chi connectivity index (χ0v) is 15.6. The monoisotopic (exact) mass is 353 g/mol. The second kappa shape index (κ2) is 8.75. The summed E-state index contributed by atoms with van der Waals surface area (Å²) in [6.07, 6.45) is 5.72. The fourth-order valence-electron chi connectivity index (χ4n) is 3.45. The lowest BCUT2D eigenvalue weighted by Gasteiger charge is -2.21. The molecule has 2 aromatic rings. The van der Waals surface area contributed by atoms with E-state index in [1.807, 2.05) is 12.1 Å². The standard InChI is InChI=1S/C22H27NO3/c1-3-21(18-9-8-16-6-4-5-7-17(16)14-18)23-22(24)15-26-20-12-10-19(25-2)11-13-20/h8-14,21H,3-7,15H2,1-2H3,(H,23,24)/t21-/m0/s1. The normalized spacial score (nSPS) is 14.2. The van der Waals surface area contributed by atoms with Gasteiger partial charge in [0.15, 0.2) is 6.61 Å². The van der Waals surface area contributed by atoms with Crippen LogP contribution in [-0.4, -0.2) is 19.6 Å². The van der Waals surface area contributed by atoms with Crippen molar-refractivity contribution in [2.45, 2.75) is 45.1 Å². The zero-order chi connectivity index (χ0) is 18.4. The van der Waals surface area contributed by atoms with Crippen molar-refractivity contribution < 1.29 is 14.3 Å². The second-order valence-electron chi connectivity index (χ2n) is 6.73. The molecular formula is C22H27NO3. The van der Waals surface area contributed by atoms with Crippen molar-refractivity contribution in [3.05, 3.63) is 59.2 Å². The zero-order valence-electron chi connectivity index (χ0n) is 15.6. The van der Waals surface area contributed by atoms with Crippen molar-refractivity contribution in [1.29, 1.82) is 0 Å². The Kier molecular flexibility index (Phi) is 6.16. The van der Waals surface area contributed by atoms with Crippen molar-refractivity contribution in [3.63, 3.8) is 0 Å². The largest absolute Gasteiger partial charge is 0.497 e. The van der Waals surface area contributed by atoms with E-state index >= 15 is 0 Å². The minimum Gasteiger partial charge on any atom is -0.497 e. The average Bonchev–Trinajstić information content (AvgIpc) is 2.70. The van der Waals surface area contributed by atoms with E-state index in [0.29, 0.717) is 5.75 Å². The van der Waals surface area contributed by atoms with Crippen molar-refractivity contribution in [1.82, 2.24) is 5.32 Å². The van der Waals surface area contributed by atoms with Gasteiger partial charge in [-0.1, -0.05) is 25.1 Å². The Hall–Kier alpha value is -2.49. The molecule has 26 heavy (non-hydrogen) atoms. The SMILES string of the molecule is CC[C@H](NC(=O)COc1ccc(OC)cc1)c1ccc2c(c1)CCCC2. The van der Waals surface area contributed by atoms with Crippen LogP contribution in [-0.2, 0) is 17.6 Å². The Labute approximate surface area is 155 Å². The summed E-state index contributed by atoms with van der Waals surface area (Å²) in [7, 11) is 1.62. The van der Waals surface area contributed by atoms with Crippen LogP contribution >= 0.6 is 0 Å². The van der Waals surface area contributed by atoms with Crippen LogP contribution in [0.1, 0.15) is 48.9 Å². The van der Waals surface area contributed by atoms with Gasteiger partial charge in [-0.25, -0.2) is 0 Å². The molecule has 0 fully saturated rings. The topological polar surface area (TPSA) is 47.6 Å². The number of carbonyl (C=O) groups excluding carboxylic acids is 1. The highest BCUT2D eigenvalue weighted by Crippen LogP contribution is 2.26. The van der Waals surface area contributed by atoms with Crippen molar-refractivity contribution in [2.24, 2.45) is 0 Å². The maximum atomic E-state index is 12.3. The first-order chi connectivity index (χ1) is 12.7. The van der Waals surface area contributed by atoms with Gasteiger partial charge in [0, 0.05) is 0 Å². The number of hydrogen-bond acceptors (Lipinski definition) is 3. The van der Waals surface area contributed by atoms with E-state index in [0.717, 1.165) is 18.6 Å². The highest BCUT2D eigenvalue weighted by atomic mass is 16.5. The summed E-state index contributed by atoms with van der Waals surface area (Å²) in [5, 5.41) is 3.09. The van der Waals surface area contributed by atoms with E-state index in [1.54, 1.807) is 19.2 Å². The number of fused-ring (bicyclic) bond motifs is 1. The van der Waals surface area contributed by atoms with E-state index in [2.05, 4.69) is 30.4 Å². The summed E-state index contributed by atoms with van der Waals surface area (Å²) in [6, 6.07) is 13.9. The molecular weight excluding hydrogens is 326 g/mol. The number of hydrogen-bond donors (Lipinski definition) is 1. The highest BCUT2D eigenvalue weighted by Gasteiger charge is 2.16. The van der Waals surface area contributed by atoms with Crippen LogP contribution in [0, 0.1) is 0 Å². The number of ether oxygens (including phenoxy) is 2. The van der Waals surface area contributed by atoms with Crippen LogP contribution in [0.5, 0.6) is 11.5 Å². The molecule has 138 valence electrons. The van der Waals surface area contributed by atoms with E-state index in [4.69, 9.17) is 9.47 Å². The van der Waals surface area contributed by atoms with Gasteiger partial charge in [0.2, 0.25) is 0 Å². The minimum absolute atomic E-state index is 0.00771. The molecule has 0 heterocycles. The average molecular weight is 353 g/mol. The molecule has 0 bridgehead atoms. The Morgan fingerprint density at radius 3 is 2.42 bits per heavy atom. The summed E-state index contributed by atoms with van der Waals surface area (Å²) in [5.74, 6) is 1.31. The van der Waals surface area contributed by atoms with Crippen LogP contribution in [0.3, 0.4) is 0 Å². The Bertz CT molecular complexity index is 740.